The van der Waals surface area contributed by atoms with E-state index in [1.165, 1.54) is 5.56 Å². The van der Waals surface area contributed by atoms with Crippen molar-refractivity contribution in [3.8, 4) is 11.5 Å². The normalized spacial score (nSPS) is 15.6. The highest BCUT2D eigenvalue weighted by Crippen LogP contribution is 2.30. The van der Waals surface area contributed by atoms with E-state index in [2.05, 4.69) is 31.0 Å². The summed E-state index contributed by atoms with van der Waals surface area (Å²) in [6, 6.07) is 6.22. The maximum Gasteiger partial charge on any atom is 0.161 e. The molecule has 0 fully saturated rings. The molecule has 0 aliphatic carbocycles. The number of benzene rings is 1. The number of nitrogens with two attached hydrogens (primary N) is 1. The third-order valence-electron chi connectivity index (χ3n) is 3.41. The van der Waals surface area contributed by atoms with Gasteiger partial charge in [-0.25, -0.2) is 0 Å². The van der Waals surface area contributed by atoms with Gasteiger partial charge in [0, 0.05) is 13.1 Å². The first-order valence-corrected chi connectivity index (χ1v) is 6.96. The van der Waals surface area contributed by atoms with Crippen molar-refractivity contribution in [1.82, 2.24) is 4.90 Å². The van der Waals surface area contributed by atoms with Crippen LogP contribution in [-0.2, 0) is 6.42 Å². The molecule has 0 saturated heterocycles. The van der Waals surface area contributed by atoms with E-state index in [-0.39, 0.29) is 0 Å². The molecule has 0 aromatic heterocycles. The van der Waals surface area contributed by atoms with E-state index in [0.29, 0.717) is 19.1 Å². The zero-order chi connectivity index (χ0) is 13.7. The van der Waals surface area contributed by atoms with E-state index < -0.39 is 0 Å². The molecule has 0 bridgehead atoms. The van der Waals surface area contributed by atoms with Crippen LogP contribution in [0.5, 0.6) is 11.5 Å². The molecule has 19 heavy (non-hydrogen) atoms. The minimum Gasteiger partial charge on any atom is -0.486 e. The number of rotatable bonds is 6. The van der Waals surface area contributed by atoms with E-state index in [4.69, 9.17) is 15.2 Å². The topological polar surface area (TPSA) is 47.7 Å². The summed E-state index contributed by atoms with van der Waals surface area (Å²) in [4.78, 5) is 2.33. The van der Waals surface area contributed by atoms with Crippen molar-refractivity contribution in [3.63, 3.8) is 0 Å². The molecule has 0 radical (unpaired) electrons. The molecule has 0 amide bonds. The van der Waals surface area contributed by atoms with Crippen molar-refractivity contribution in [2.45, 2.75) is 13.3 Å². The Kier molecular flexibility index (Phi) is 5.05. The Balaban J connectivity index is 1.86. The first-order valence-electron chi connectivity index (χ1n) is 6.96. The average molecular weight is 264 g/mol. The van der Waals surface area contributed by atoms with Crippen LogP contribution in [0.3, 0.4) is 0 Å². The Morgan fingerprint density at radius 1 is 1.26 bits per heavy atom. The zero-order valence-corrected chi connectivity index (χ0v) is 11.9. The van der Waals surface area contributed by atoms with Crippen molar-refractivity contribution in [2.24, 2.45) is 11.7 Å². The van der Waals surface area contributed by atoms with Crippen molar-refractivity contribution >= 4 is 0 Å². The molecule has 1 aliphatic rings. The Labute approximate surface area is 115 Å². The molecule has 0 saturated carbocycles. The van der Waals surface area contributed by atoms with Crippen LogP contribution in [0.1, 0.15) is 12.5 Å². The SMILES string of the molecule is CC(CN)CN(C)CCc1ccc2c(c1)OCCO2. The fraction of sp³-hybridized carbons (Fsp3) is 0.600. The second-order valence-electron chi connectivity index (χ2n) is 5.33. The predicted molar refractivity (Wildman–Crippen MR) is 76.9 cm³/mol. The van der Waals surface area contributed by atoms with E-state index >= 15 is 0 Å². The minimum absolute atomic E-state index is 0.547. The van der Waals surface area contributed by atoms with Gasteiger partial charge in [0.25, 0.3) is 0 Å². The summed E-state index contributed by atoms with van der Waals surface area (Å²) in [5.41, 5.74) is 6.94. The van der Waals surface area contributed by atoms with Gasteiger partial charge in [-0.15, -0.1) is 0 Å². The highest BCUT2D eigenvalue weighted by atomic mass is 16.6. The minimum atomic E-state index is 0.547. The molecule has 1 aliphatic heterocycles. The average Bonchev–Trinajstić information content (AvgIpc) is 2.44. The molecule has 2 N–H and O–H groups in total. The molecular formula is C15H24N2O2. The van der Waals surface area contributed by atoms with Gasteiger partial charge < -0.3 is 20.1 Å². The number of ether oxygens (including phenoxy) is 2. The maximum absolute atomic E-state index is 5.65. The Hall–Kier alpha value is -1.26. The molecule has 1 atom stereocenters. The molecule has 1 unspecified atom stereocenters. The lowest BCUT2D eigenvalue weighted by atomic mass is 10.1. The second-order valence-corrected chi connectivity index (χ2v) is 5.33. The summed E-state index contributed by atoms with van der Waals surface area (Å²) < 4.78 is 11.1. The molecule has 2 rings (SSSR count). The Morgan fingerprint density at radius 3 is 2.74 bits per heavy atom. The molecule has 4 heteroatoms. The van der Waals surface area contributed by atoms with Gasteiger partial charge in [-0.05, 0) is 43.6 Å². The first-order chi connectivity index (χ1) is 9.19. The van der Waals surface area contributed by atoms with Crippen LogP contribution in [-0.4, -0.2) is 44.8 Å². The lowest BCUT2D eigenvalue weighted by Crippen LogP contribution is -2.30. The van der Waals surface area contributed by atoms with Crippen LogP contribution in [0.2, 0.25) is 0 Å². The number of nitrogens with zero attached hydrogens (tertiary/aromatic N) is 1. The largest absolute Gasteiger partial charge is 0.486 e. The molecule has 4 nitrogen and oxygen atoms in total. The van der Waals surface area contributed by atoms with E-state index in [1.54, 1.807) is 0 Å². The van der Waals surface area contributed by atoms with Crippen molar-refractivity contribution in [1.29, 1.82) is 0 Å². The third kappa shape index (κ3) is 4.11. The molecule has 1 aromatic carbocycles. The van der Waals surface area contributed by atoms with Crippen LogP contribution in [0.15, 0.2) is 18.2 Å². The van der Waals surface area contributed by atoms with Crippen molar-refractivity contribution in [3.05, 3.63) is 23.8 Å². The quantitative estimate of drug-likeness (QED) is 0.846. The van der Waals surface area contributed by atoms with E-state index in [0.717, 1.165) is 37.6 Å². The highest BCUT2D eigenvalue weighted by molar-refractivity contribution is 5.43. The maximum atomic E-state index is 5.65. The highest BCUT2D eigenvalue weighted by Gasteiger charge is 2.12. The fourth-order valence-electron chi connectivity index (χ4n) is 2.26. The monoisotopic (exact) mass is 264 g/mol. The van der Waals surface area contributed by atoms with Gasteiger partial charge in [-0.2, -0.15) is 0 Å². The lowest BCUT2D eigenvalue weighted by Gasteiger charge is -2.21. The molecule has 106 valence electrons. The van der Waals surface area contributed by atoms with E-state index in [9.17, 15) is 0 Å². The molecule has 1 aromatic rings. The van der Waals surface area contributed by atoms with Crippen LogP contribution in [0.25, 0.3) is 0 Å². The van der Waals surface area contributed by atoms with Gasteiger partial charge in [-0.3, -0.25) is 0 Å². The van der Waals surface area contributed by atoms with Gasteiger partial charge in [0.15, 0.2) is 11.5 Å². The number of fused-ring (bicyclic) bond motifs is 1. The molecular weight excluding hydrogens is 240 g/mol. The van der Waals surface area contributed by atoms with Crippen LogP contribution in [0, 0.1) is 5.92 Å². The summed E-state index contributed by atoms with van der Waals surface area (Å²) >= 11 is 0. The van der Waals surface area contributed by atoms with Gasteiger partial charge in [0.2, 0.25) is 0 Å². The summed E-state index contributed by atoms with van der Waals surface area (Å²) in [5.74, 6) is 2.28. The summed E-state index contributed by atoms with van der Waals surface area (Å²) in [5, 5.41) is 0. The number of hydrogen-bond donors (Lipinski definition) is 1. The molecule has 1 heterocycles. The van der Waals surface area contributed by atoms with Gasteiger partial charge in [-0.1, -0.05) is 13.0 Å². The standard InChI is InChI=1S/C15H24N2O2/c1-12(10-16)11-17(2)6-5-13-3-4-14-15(9-13)19-8-7-18-14/h3-4,9,12H,5-8,10-11,16H2,1-2H3. The fourth-order valence-corrected chi connectivity index (χ4v) is 2.26. The van der Waals surface area contributed by atoms with Crippen molar-refractivity contribution < 1.29 is 9.47 Å². The lowest BCUT2D eigenvalue weighted by molar-refractivity contribution is 0.171. The summed E-state index contributed by atoms with van der Waals surface area (Å²) in [6.45, 7) is 6.29. The summed E-state index contributed by atoms with van der Waals surface area (Å²) in [7, 11) is 2.14. The Morgan fingerprint density at radius 2 is 2.00 bits per heavy atom. The van der Waals surface area contributed by atoms with Gasteiger partial charge in [0.05, 0.1) is 0 Å². The second kappa shape index (κ2) is 6.78. The van der Waals surface area contributed by atoms with Gasteiger partial charge in [0.1, 0.15) is 13.2 Å². The Bertz CT molecular complexity index is 409. The van der Waals surface area contributed by atoms with E-state index in [1.807, 2.05) is 6.07 Å². The predicted octanol–water partition coefficient (Wildman–Crippen LogP) is 1.53. The molecule has 0 spiro atoms. The van der Waals surface area contributed by atoms with Gasteiger partial charge >= 0.3 is 0 Å². The van der Waals surface area contributed by atoms with Crippen molar-refractivity contribution in [2.75, 3.05) is 39.9 Å². The van der Waals surface area contributed by atoms with Crippen LogP contribution >= 0.6 is 0 Å². The first kappa shape index (κ1) is 14.2. The summed E-state index contributed by atoms with van der Waals surface area (Å²) in [6.07, 6.45) is 1.02. The third-order valence-corrected chi connectivity index (χ3v) is 3.41. The number of likely N-dealkylation sites (N-methyl/N-ethyl adjacent to an activating group) is 1. The van der Waals surface area contributed by atoms with Crippen LogP contribution < -0.4 is 15.2 Å². The number of hydrogen-bond acceptors (Lipinski definition) is 4. The smallest absolute Gasteiger partial charge is 0.161 e. The zero-order valence-electron chi connectivity index (χ0n) is 11.9. The van der Waals surface area contributed by atoms with Crippen LogP contribution in [0.4, 0.5) is 0 Å².